The lowest BCUT2D eigenvalue weighted by Gasteiger charge is -2.08. The fraction of sp³-hybridized carbons (Fsp3) is 0.143. The van der Waals surface area contributed by atoms with E-state index in [9.17, 15) is 0 Å². The minimum atomic E-state index is 0.310. The van der Waals surface area contributed by atoms with Gasteiger partial charge in [-0.1, -0.05) is 49.7 Å². The first-order valence-electron chi connectivity index (χ1n) is 9.21. The Bertz CT molecular complexity index is 1080. The van der Waals surface area contributed by atoms with Crippen molar-refractivity contribution < 1.29 is 0 Å². The maximum absolute atomic E-state index is 6.06. The molecule has 0 spiro atoms. The van der Waals surface area contributed by atoms with E-state index in [4.69, 9.17) is 5.73 Å². The monoisotopic (exact) mass is 371 g/mol. The minimum absolute atomic E-state index is 0.310. The number of aromatic nitrogens is 4. The standard InChI is InChI=1S/C21H21N7/c1-2-9-18-17(14-23-28(18)16-12-7-4-8-13-16)19-20(21(22)27-25-19)26-24-15-10-5-3-6-11-15/h3-8,10-14H,2,9H2,1H3,(H3,22,25,27). The van der Waals surface area contributed by atoms with Gasteiger partial charge in [0.05, 0.1) is 29.0 Å². The van der Waals surface area contributed by atoms with Crippen molar-refractivity contribution in [3.8, 4) is 16.9 Å². The van der Waals surface area contributed by atoms with Gasteiger partial charge >= 0.3 is 0 Å². The molecule has 0 fully saturated rings. The van der Waals surface area contributed by atoms with Crippen molar-refractivity contribution in [1.82, 2.24) is 20.0 Å². The zero-order chi connectivity index (χ0) is 19.3. The molecule has 2 heterocycles. The number of aromatic amines is 1. The highest BCUT2D eigenvalue weighted by atomic mass is 15.3. The van der Waals surface area contributed by atoms with Gasteiger partial charge in [0.25, 0.3) is 0 Å². The van der Waals surface area contributed by atoms with Crippen LogP contribution in [0, 0.1) is 0 Å². The van der Waals surface area contributed by atoms with Gasteiger partial charge < -0.3 is 5.73 Å². The maximum Gasteiger partial charge on any atom is 0.173 e. The third-order valence-corrected chi connectivity index (χ3v) is 4.42. The topological polar surface area (TPSA) is 97.2 Å². The summed E-state index contributed by atoms with van der Waals surface area (Å²) in [7, 11) is 0. The van der Waals surface area contributed by atoms with E-state index in [2.05, 4.69) is 32.4 Å². The quantitative estimate of drug-likeness (QED) is 0.455. The van der Waals surface area contributed by atoms with E-state index >= 15 is 0 Å². The molecular formula is C21H21N7. The molecule has 2 aromatic carbocycles. The predicted octanol–water partition coefficient (Wildman–Crippen LogP) is 5.21. The number of hydrogen-bond donors (Lipinski definition) is 2. The second-order valence-corrected chi connectivity index (χ2v) is 6.37. The highest BCUT2D eigenvalue weighted by Gasteiger charge is 2.20. The molecule has 3 N–H and O–H groups in total. The summed E-state index contributed by atoms with van der Waals surface area (Å²) in [6.45, 7) is 2.14. The van der Waals surface area contributed by atoms with Crippen LogP contribution in [0.25, 0.3) is 16.9 Å². The average molecular weight is 371 g/mol. The molecule has 0 aliphatic carbocycles. The third kappa shape index (κ3) is 3.42. The Labute approximate surface area is 162 Å². The predicted molar refractivity (Wildman–Crippen MR) is 110 cm³/mol. The SMILES string of the molecule is CCCc1c(-c2[nH]nc(N)c2N=Nc2ccccc2)cnn1-c1ccccc1. The molecule has 140 valence electrons. The first-order chi connectivity index (χ1) is 13.8. The lowest BCUT2D eigenvalue weighted by molar-refractivity contribution is 0.776. The number of hydrogen-bond acceptors (Lipinski definition) is 5. The first kappa shape index (κ1) is 17.7. The molecule has 7 heteroatoms. The number of nitrogens with two attached hydrogens (primary N) is 1. The average Bonchev–Trinajstić information content (AvgIpc) is 3.31. The van der Waals surface area contributed by atoms with E-state index < -0.39 is 0 Å². The van der Waals surface area contributed by atoms with Gasteiger partial charge in [-0.15, -0.1) is 5.11 Å². The molecule has 0 saturated heterocycles. The van der Waals surface area contributed by atoms with E-state index in [0.29, 0.717) is 11.5 Å². The van der Waals surface area contributed by atoms with Crippen LogP contribution in [0.2, 0.25) is 0 Å². The third-order valence-electron chi connectivity index (χ3n) is 4.42. The fourth-order valence-electron chi connectivity index (χ4n) is 3.09. The van der Waals surface area contributed by atoms with Gasteiger partial charge in [-0.25, -0.2) is 4.68 Å². The Hall–Kier alpha value is -3.74. The van der Waals surface area contributed by atoms with Gasteiger partial charge in [-0.3, -0.25) is 5.10 Å². The van der Waals surface area contributed by atoms with Crippen molar-refractivity contribution in [2.24, 2.45) is 10.2 Å². The van der Waals surface area contributed by atoms with Gasteiger partial charge in [-0.05, 0) is 30.7 Å². The molecule has 0 amide bonds. The van der Waals surface area contributed by atoms with Crippen molar-refractivity contribution in [3.05, 3.63) is 72.6 Å². The molecule has 0 bridgehead atoms. The number of para-hydroxylation sites is 1. The van der Waals surface area contributed by atoms with Crippen molar-refractivity contribution in [1.29, 1.82) is 0 Å². The van der Waals surface area contributed by atoms with Crippen molar-refractivity contribution in [2.45, 2.75) is 19.8 Å². The Morgan fingerprint density at radius 1 is 1.00 bits per heavy atom. The molecule has 0 aliphatic heterocycles. The Balaban J connectivity index is 1.78. The number of nitrogens with one attached hydrogen (secondary N) is 1. The second-order valence-electron chi connectivity index (χ2n) is 6.37. The van der Waals surface area contributed by atoms with E-state index in [1.54, 1.807) is 0 Å². The molecule has 0 aliphatic rings. The second kappa shape index (κ2) is 7.87. The smallest absolute Gasteiger partial charge is 0.173 e. The normalized spacial score (nSPS) is 11.3. The van der Waals surface area contributed by atoms with Crippen LogP contribution in [-0.2, 0) is 6.42 Å². The number of anilines is 1. The number of azo groups is 1. The summed E-state index contributed by atoms with van der Waals surface area (Å²) in [5, 5.41) is 20.4. The molecule has 2 aromatic heterocycles. The number of rotatable bonds is 6. The van der Waals surface area contributed by atoms with E-state index in [-0.39, 0.29) is 0 Å². The fourth-order valence-corrected chi connectivity index (χ4v) is 3.09. The Morgan fingerprint density at radius 2 is 1.71 bits per heavy atom. The van der Waals surface area contributed by atoms with Gasteiger partial charge in [0.1, 0.15) is 0 Å². The van der Waals surface area contributed by atoms with E-state index in [1.807, 2.05) is 71.5 Å². The summed E-state index contributed by atoms with van der Waals surface area (Å²) in [5.74, 6) is 0.310. The summed E-state index contributed by atoms with van der Waals surface area (Å²) in [6, 6.07) is 19.6. The van der Waals surface area contributed by atoms with E-state index in [1.165, 1.54) is 0 Å². The zero-order valence-corrected chi connectivity index (χ0v) is 15.6. The van der Waals surface area contributed by atoms with Crippen LogP contribution in [0.15, 0.2) is 77.1 Å². The molecular weight excluding hydrogens is 350 g/mol. The number of nitrogens with zero attached hydrogens (tertiary/aromatic N) is 5. The lowest BCUT2D eigenvalue weighted by atomic mass is 10.1. The van der Waals surface area contributed by atoms with E-state index in [0.717, 1.165) is 41.2 Å². The molecule has 4 aromatic rings. The number of benzene rings is 2. The molecule has 0 atom stereocenters. The summed E-state index contributed by atoms with van der Waals surface area (Å²) >= 11 is 0. The molecule has 4 rings (SSSR count). The summed E-state index contributed by atoms with van der Waals surface area (Å²) < 4.78 is 1.95. The molecule has 0 unspecified atom stereocenters. The highest BCUT2D eigenvalue weighted by molar-refractivity contribution is 5.80. The van der Waals surface area contributed by atoms with Gasteiger partial charge in [0.2, 0.25) is 0 Å². The van der Waals surface area contributed by atoms with Gasteiger partial charge in [0, 0.05) is 5.56 Å². The van der Waals surface area contributed by atoms with Crippen LogP contribution >= 0.6 is 0 Å². The van der Waals surface area contributed by atoms with Crippen molar-refractivity contribution in [2.75, 3.05) is 5.73 Å². The van der Waals surface area contributed by atoms with Crippen LogP contribution in [0.1, 0.15) is 19.0 Å². The van der Waals surface area contributed by atoms with Crippen molar-refractivity contribution >= 4 is 17.2 Å². The van der Waals surface area contributed by atoms with Crippen LogP contribution < -0.4 is 5.73 Å². The zero-order valence-electron chi connectivity index (χ0n) is 15.6. The molecule has 7 nitrogen and oxygen atoms in total. The van der Waals surface area contributed by atoms with Crippen LogP contribution in [-0.4, -0.2) is 20.0 Å². The van der Waals surface area contributed by atoms with Crippen LogP contribution in [0.4, 0.5) is 17.2 Å². The number of H-pyrrole nitrogens is 1. The summed E-state index contributed by atoms with van der Waals surface area (Å²) in [6.07, 6.45) is 3.67. The van der Waals surface area contributed by atoms with Crippen LogP contribution in [0.5, 0.6) is 0 Å². The van der Waals surface area contributed by atoms with Gasteiger partial charge in [-0.2, -0.15) is 15.3 Å². The molecule has 28 heavy (non-hydrogen) atoms. The molecule has 0 saturated carbocycles. The molecule has 0 radical (unpaired) electrons. The lowest BCUT2D eigenvalue weighted by Crippen LogP contribution is -2.02. The maximum atomic E-state index is 6.06. The highest BCUT2D eigenvalue weighted by Crippen LogP contribution is 2.36. The first-order valence-corrected chi connectivity index (χ1v) is 9.21. The minimum Gasteiger partial charge on any atom is -0.380 e. The Morgan fingerprint density at radius 3 is 2.43 bits per heavy atom. The summed E-state index contributed by atoms with van der Waals surface area (Å²) in [5.41, 5.74) is 11.1. The van der Waals surface area contributed by atoms with Crippen molar-refractivity contribution in [3.63, 3.8) is 0 Å². The van der Waals surface area contributed by atoms with Gasteiger partial charge in [0.15, 0.2) is 11.5 Å². The van der Waals surface area contributed by atoms with Crippen LogP contribution in [0.3, 0.4) is 0 Å². The largest absolute Gasteiger partial charge is 0.380 e. The summed E-state index contributed by atoms with van der Waals surface area (Å²) in [4.78, 5) is 0. The number of nitrogen functional groups attached to an aromatic ring is 1. The Kier molecular flexibility index (Phi) is 4.97.